The zero-order valence-corrected chi connectivity index (χ0v) is 9.96. The van der Waals surface area contributed by atoms with Crippen LogP contribution in [0.4, 0.5) is 0 Å². The summed E-state index contributed by atoms with van der Waals surface area (Å²) in [5, 5.41) is 14.0. The molecule has 0 aromatic carbocycles. The summed E-state index contributed by atoms with van der Waals surface area (Å²) >= 11 is 3.31. The van der Waals surface area contributed by atoms with Crippen LogP contribution in [0.5, 0.6) is 0 Å². The second kappa shape index (κ2) is 3.80. The van der Waals surface area contributed by atoms with E-state index in [2.05, 4.69) is 26.0 Å². The number of nitrogens with zero attached hydrogens (tertiary/aromatic N) is 3. The van der Waals surface area contributed by atoms with Crippen molar-refractivity contribution in [3.63, 3.8) is 0 Å². The highest BCUT2D eigenvalue weighted by atomic mass is 79.9. The lowest BCUT2D eigenvalue weighted by Gasteiger charge is -2.13. The molecule has 0 saturated carbocycles. The zero-order chi connectivity index (χ0) is 11.1. The maximum atomic E-state index is 9.76. The minimum atomic E-state index is -0.494. The largest absolute Gasteiger partial charge is 0.388 e. The number of fused-ring (bicyclic) bond motifs is 1. The topological polar surface area (TPSA) is 60.2 Å². The second-order valence-corrected chi connectivity index (χ2v) is 4.61. The molecule has 3 rings (SSSR count). The molecular weight excluding hydrogens is 274 g/mol. The van der Waals surface area contributed by atoms with Gasteiger partial charge in [-0.25, -0.2) is 4.98 Å². The number of aromatic nitrogens is 3. The summed E-state index contributed by atoms with van der Waals surface area (Å²) in [6, 6.07) is 3.69. The first-order valence-corrected chi connectivity index (χ1v) is 5.80. The van der Waals surface area contributed by atoms with Crippen molar-refractivity contribution in [2.75, 3.05) is 13.2 Å². The average molecular weight is 284 g/mol. The van der Waals surface area contributed by atoms with Gasteiger partial charge in [0.25, 0.3) is 0 Å². The molecule has 16 heavy (non-hydrogen) atoms. The molecule has 0 radical (unpaired) electrons. The molecule has 1 aliphatic rings. The lowest BCUT2D eigenvalue weighted by atomic mass is 10.2. The Kier molecular flexibility index (Phi) is 2.42. The van der Waals surface area contributed by atoms with Crippen molar-refractivity contribution in [2.24, 2.45) is 0 Å². The van der Waals surface area contributed by atoms with E-state index in [1.54, 1.807) is 10.9 Å². The van der Waals surface area contributed by atoms with E-state index in [1.807, 2.05) is 12.1 Å². The fourth-order valence-corrected chi connectivity index (χ4v) is 2.26. The first-order valence-electron chi connectivity index (χ1n) is 5.01. The van der Waals surface area contributed by atoms with Gasteiger partial charge in [-0.1, -0.05) is 0 Å². The van der Waals surface area contributed by atoms with Crippen molar-refractivity contribution in [3.05, 3.63) is 22.9 Å². The van der Waals surface area contributed by atoms with Gasteiger partial charge in [0.15, 0.2) is 0 Å². The van der Waals surface area contributed by atoms with Gasteiger partial charge in [0, 0.05) is 0 Å². The summed E-state index contributed by atoms with van der Waals surface area (Å²) in [7, 11) is 0. The van der Waals surface area contributed by atoms with Crippen molar-refractivity contribution in [1.29, 1.82) is 0 Å². The molecular formula is C10H10BrN3O2. The van der Waals surface area contributed by atoms with Crippen LogP contribution in [-0.4, -0.2) is 39.2 Å². The van der Waals surface area contributed by atoms with Crippen LogP contribution in [-0.2, 0) is 4.74 Å². The maximum absolute atomic E-state index is 9.76. The van der Waals surface area contributed by atoms with Gasteiger partial charge in [0.05, 0.1) is 24.9 Å². The summed E-state index contributed by atoms with van der Waals surface area (Å²) in [5.74, 6) is 0. The molecule has 0 amide bonds. The first kappa shape index (κ1) is 10.2. The Hall–Kier alpha value is -0.980. The normalized spacial score (nSPS) is 25.4. The SMILES string of the molecule is OC1COCC1n1ncc2nc(Br)ccc21. The summed E-state index contributed by atoms with van der Waals surface area (Å²) < 4.78 is 7.79. The third-order valence-electron chi connectivity index (χ3n) is 2.76. The monoisotopic (exact) mass is 283 g/mol. The number of aliphatic hydroxyl groups excluding tert-OH is 1. The van der Waals surface area contributed by atoms with E-state index in [0.29, 0.717) is 13.2 Å². The Bertz CT molecular complexity index is 528. The Morgan fingerprint density at radius 3 is 3.06 bits per heavy atom. The Morgan fingerprint density at radius 1 is 1.44 bits per heavy atom. The molecule has 1 fully saturated rings. The van der Waals surface area contributed by atoms with E-state index in [0.717, 1.165) is 15.6 Å². The molecule has 84 valence electrons. The Balaban J connectivity index is 2.10. The molecule has 1 aliphatic heterocycles. The highest BCUT2D eigenvalue weighted by Crippen LogP contribution is 2.24. The van der Waals surface area contributed by atoms with E-state index < -0.39 is 6.10 Å². The quantitative estimate of drug-likeness (QED) is 0.797. The lowest BCUT2D eigenvalue weighted by molar-refractivity contribution is 0.118. The highest BCUT2D eigenvalue weighted by Gasteiger charge is 2.29. The van der Waals surface area contributed by atoms with Crippen LogP contribution < -0.4 is 0 Å². The van der Waals surface area contributed by atoms with Crippen LogP contribution in [0.25, 0.3) is 11.0 Å². The van der Waals surface area contributed by atoms with Crippen molar-refractivity contribution in [2.45, 2.75) is 12.1 Å². The van der Waals surface area contributed by atoms with E-state index in [1.165, 1.54) is 0 Å². The first-order chi connectivity index (χ1) is 7.75. The fourth-order valence-electron chi connectivity index (χ4n) is 1.94. The minimum absolute atomic E-state index is 0.111. The molecule has 2 unspecified atom stereocenters. The van der Waals surface area contributed by atoms with E-state index >= 15 is 0 Å². The van der Waals surface area contributed by atoms with Crippen molar-refractivity contribution in [1.82, 2.24) is 14.8 Å². The predicted octanol–water partition coefficient (Wildman–Crippen LogP) is 1.13. The number of ether oxygens (including phenoxy) is 1. The van der Waals surface area contributed by atoms with Crippen molar-refractivity contribution in [3.8, 4) is 0 Å². The number of pyridine rings is 1. The molecule has 6 heteroatoms. The zero-order valence-electron chi connectivity index (χ0n) is 8.38. The van der Waals surface area contributed by atoms with E-state index in [9.17, 15) is 5.11 Å². The van der Waals surface area contributed by atoms with Crippen molar-refractivity contribution < 1.29 is 9.84 Å². The van der Waals surface area contributed by atoms with Gasteiger partial charge in [0.1, 0.15) is 22.3 Å². The molecule has 3 heterocycles. The number of hydrogen-bond acceptors (Lipinski definition) is 4. The van der Waals surface area contributed by atoms with Gasteiger partial charge in [-0.05, 0) is 28.1 Å². The molecule has 1 saturated heterocycles. The Labute approximate surface area is 100 Å². The molecule has 2 aromatic rings. The van der Waals surface area contributed by atoms with E-state index in [-0.39, 0.29) is 6.04 Å². The van der Waals surface area contributed by atoms with Gasteiger partial charge in [0.2, 0.25) is 0 Å². The smallest absolute Gasteiger partial charge is 0.110 e. The van der Waals surface area contributed by atoms with Crippen LogP contribution in [0.15, 0.2) is 22.9 Å². The predicted molar refractivity (Wildman–Crippen MR) is 61.1 cm³/mol. The summed E-state index contributed by atoms with van der Waals surface area (Å²) in [6.45, 7) is 0.865. The number of halogens is 1. The van der Waals surface area contributed by atoms with Gasteiger partial charge >= 0.3 is 0 Å². The molecule has 0 bridgehead atoms. The lowest BCUT2D eigenvalue weighted by Crippen LogP contribution is -2.22. The molecule has 0 aliphatic carbocycles. The molecule has 2 atom stereocenters. The van der Waals surface area contributed by atoms with Crippen LogP contribution in [0.3, 0.4) is 0 Å². The minimum Gasteiger partial charge on any atom is -0.388 e. The van der Waals surface area contributed by atoms with Crippen molar-refractivity contribution >= 4 is 27.0 Å². The summed E-state index contributed by atoms with van der Waals surface area (Å²) in [5.41, 5.74) is 1.73. The third kappa shape index (κ3) is 1.53. The van der Waals surface area contributed by atoms with Gasteiger partial charge < -0.3 is 9.84 Å². The summed E-state index contributed by atoms with van der Waals surface area (Å²) in [4.78, 5) is 4.30. The number of rotatable bonds is 1. The van der Waals surface area contributed by atoms with Crippen LogP contribution in [0, 0.1) is 0 Å². The van der Waals surface area contributed by atoms with E-state index in [4.69, 9.17) is 4.74 Å². The molecule has 0 spiro atoms. The van der Waals surface area contributed by atoms with Gasteiger partial charge in [-0.2, -0.15) is 5.10 Å². The maximum Gasteiger partial charge on any atom is 0.110 e. The summed E-state index contributed by atoms with van der Waals surface area (Å²) in [6.07, 6.45) is 1.21. The van der Waals surface area contributed by atoms with Crippen LogP contribution in [0.1, 0.15) is 6.04 Å². The number of hydrogen-bond donors (Lipinski definition) is 1. The standard InChI is InChI=1S/C10H10BrN3O2/c11-10-2-1-7-6(13-10)3-12-14(7)8-4-16-5-9(8)15/h1-3,8-9,15H,4-5H2. The molecule has 1 N–H and O–H groups in total. The number of aliphatic hydroxyl groups is 1. The average Bonchev–Trinajstić information content (AvgIpc) is 2.83. The Morgan fingerprint density at radius 2 is 2.31 bits per heavy atom. The van der Waals surface area contributed by atoms with Gasteiger partial charge in [-0.15, -0.1) is 0 Å². The highest BCUT2D eigenvalue weighted by molar-refractivity contribution is 9.10. The van der Waals surface area contributed by atoms with Crippen LogP contribution >= 0.6 is 15.9 Å². The third-order valence-corrected chi connectivity index (χ3v) is 3.20. The second-order valence-electron chi connectivity index (χ2n) is 3.80. The fraction of sp³-hybridized carbons (Fsp3) is 0.400. The van der Waals surface area contributed by atoms with Gasteiger partial charge in [-0.3, -0.25) is 4.68 Å². The van der Waals surface area contributed by atoms with Crippen LogP contribution in [0.2, 0.25) is 0 Å². The molecule has 2 aromatic heterocycles. The molecule has 5 nitrogen and oxygen atoms in total.